The maximum absolute atomic E-state index is 10.8. The first kappa shape index (κ1) is 13.4. The van der Waals surface area contributed by atoms with E-state index in [2.05, 4.69) is 34.8 Å². The molecule has 1 aromatic heterocycles. The van der Waals surface area contributed by atoms with Gasteiger partial charge in [-0.1, -0.05) is 25.6 Å². The largest absolute Gasteiger partial charge is 0.302 e. The molecule has 6 heteroatoms. The van der Waals surface area contributed by atoms with Crippen LogP contribution in [0.3, 0.4) is 0 Å². The Labute approximate surface area is 107 Å². The van der Waals surface area contributed by atoms with E-state index >= 15 is 0 Å². The van der Waals surface area contributed by atoms with Crippen LogP contribution in [0.5, 0.6) is 0 Å². The SMILES string of the molecule is CC(C)CCSc1ncc(Br)cc1[N+](=O)[O-]. The second-order valence-electron chi connectivity index (χ2n) is 3.77. The van der Waals surface area contributed by atoms with Crippen LogP contribution in [0, 0.1) is 16.0 Å². The monoisotopic (exact) mass is 304 g/mol. The molecule has 0 radical (unpaired) electrons. The van der Waals surface area contributed by atoms with Gasteiger partial charge in [-0.05, 0) is 34.0 Å². The predicted molar refractivity (Wildman–Crippen MR) is 68.8 cm³/mol. The number of aromatic nitrogens is 1. The van der Waals surface area contributed by atoms with Crippen LogP contribution in [0.1, 0.15) is 20.3 Å². The molecule has 0 saturated carbocycles. The molecule has 0 atom stereocenters. The molecular formula is C10H13BrN2O2S. The van der Waals surface area contributed by atoms with Crippen LogP contribution >= 0.6 is 27.7 Å². The summed E-state index contributed by atoms with van der Waals surface area (Å²) in [6.07, 6.45) is 2.62. The van der Waals surface area contributed by atoms with Crippen LogP contribution < -0.4 is 0 Å². The molecule has 0 aromatic carbocycles. The molecule has 1 rings (SSSR count). The summed E-state index contributed by atoms with van der Waals surface area (Å²) in [4.78, 5) is 14.5. The standard InChI is InChI=1S/C10H13BrN2O2S/c1-7(2)3-4-16-10-9(13(14)15)5-8(11)6-12-10/h5-7H,3-4H2,1-2H3. The number of hydrogen-bond donors (Lipinski definition) is 0. The van der Waals surface area contributed by atoms with Gasteiger partial charge in [0.25, 0.3) is 0 Å². The molecule has 0 amide bonds. The number of rotatable bonds is 5. The van der Waals surface area contributed by atoms with Crippen molar-refractivity contribution >= 4 is 33.4 Å². The summed E-state index contributed by atoms with van der Waals surface area (Å²) in [5, 5.41) is 11.3. The van der Waals surface area contributed by atoms with Gasteiger partial charge in [-0.25, -0.2) is 4.98 Å². The van der Waals surface area contributed by atoms with Crippen molar-refractivity contribution in [2.45, 2.75) is 25.3 Å². The maximum atomic E-state index is 10.8. The van der Waals surface area contributed by atoms with Gasteiger partial charge in [0.15, 0.2) is 5.03 Å². The number of halogens is 1. The summed E-state index contributed by atoms with van der Waals surface area (Å²) in [7, 11) is 0. The van der Waals surface area contributed by atoms with Gasteiger partial charge >= 0.3 is 5.69 Å². The van der Waals surface area contributed by atoms with Gasteiger partial charge in [0.1, 0.15) is 0 Å². The highest BCUT2D eigenvalue weighted by molar-refractivity contribution is 9.10. The van der Waals surface area contributed by atoms with Crippen molar-refractivity contribution in [3.63, 3.8) is 0 Å². The van der Waals surface area contributed by atoms with E-state index < -0.39 is 4.92 Å². The first-order valence-electron chi connectivity index (χ1n) is 4.93. The van der Waals surface area contributed by atoms with Crippen molar-refractivity contribution < 1.29 is 4.92 Å². The fraction of sp³-hybridized carbons (Fsp3) is 0.500. The molecule has 1 heterocycles. The fourth-order valence-electron chi connectivity index (χ4n) is 1.05. The molecule has 0 aliphatic carbocycles. The Morgan fingerprint density at radius 2 is 2.31 bits per heavy atom. The zero-order valence-electron chi connectivity index (χ0n) is 9.14. The molecule has 0 fully saturated rings. The van der Waals surface area contributed by atoms with Gasteiger partial charge in [-0.3, -0.25) is 10.1 Å². The van der Waals surface area contributed by atoms with E-state index in [1.54, 1.807) is 6.20 Å². The molecule has 0 bridgehead atoms. The van der Waals surface area contributed by atoms with Crippen LogP contribution in [-0.2, 0) is 0 Å². The average Bonchev–Trinajstić information content (AvgIpc) is 2.19. The fourth-order valence-corrected chi connectivity index (χ4v) is 2.56. The summed E-state index contributed by atoms with van der Waals surface area (Å²) in [6.45, 7) is 4.26. The van der Waals surface area contributed by atoms with Crippen molar-refractivity contribution in [3.8, 4) is 0 Å². The molecule has 0 N–H and O–H groups in total. The Kier molecular flexibility index (Phi) is 5.21. The minimum atomic E-state index is -0.393. The van der Waals surface area contributed by atoms with Crippen molar-refractivity contribution in [1.82, 2.24) is 4.98 Å². The normalized spacial score (nSPS) is 10.8. The molecule has 0 aliphatic heterocycles. The van der Waals surface area contributed by atoms with Crippen molar-refractivity contribution in [1.29, 1.82) is 0 Å². The Morgan fingerprint density at radius 1 is 1.62 bits per heavy atom. The Hall–Kier alpha value is -0.620. The highest BCUT2D eigenvalue weighted by atomic mass is 79.9. The second kappa shape index (κ2) is 6.20. The van der Waals surface area contributed by atoms with Crippen LogP contribution in [0.25, 0.3) is 0 Å². The lowest BCUT2D eigenvalue weighted by Crippen LogP contribution is -1.95. The predicted octanol–water partition coefficient (Wildman–Crippen LogP) is 3.89. The highest BCUT2D eigenvalue weighted by Crippen LogP contribution is 2.30. The van der Waals surface area contributed by atoms with Crippen LogP contribution in [0.15, 0.2) is 21.8 Å². The number of hydrogen-bond acceptors (Lipinski definition) is 4. The van der Waals surface area contributed by atoms with Crippen molar-refractivity contribution in [2.75, 3.05) is 5.75 Å². The van der Waals surface area contributed by atoms with E-state index in [1.807, 2.05) is 0 Å². The summed E-state index contributed by atoms with van der Waals surface area (Å²) in [5.74, 6) is 1.45. The van der Waals surface area contributed by atoms with Crippen LogP contribution in [-0.4, -0.2) is 15.7 Å². The van der Waals surface area contributed by atoms with Gasteiger partial charge in [0.2, 0.25) is 0 Å². The van der Waals surface area contributed by atoms with Gasteiger partial charge in [-0.2, -0.15) is 0 Å². The lowest BCUT2D eigenvalue weighted by Gasteiger charge is -2.04. The van der Waals surface area contributed by atoms with Crippen molar-refractivity contribution in [2.24, 2.45) is 5.92 Å². The number of thioether (sulfide) groups is 1. The smallest absolute Gasteiger partial charge is 0.258 e. The first-order chi connectivity index (χ1) is 7.50. The van der Waals surface area contributed by atoms with E-state index in [4.69, 9.17) is 0 Å². The molecule has 88 valence electrons. The molecule has 4 nitrogen and oxygen atoms in total. The minimum absolute atomic E-state index is 0.0723. The van der Waals surface area contributed by atoms with E-state index in [0.29, 0.717) is 15.4 Å². The molecule has 0 saturated heterocycles. The zero-order valence-corrected chi connectivity index (χ0v) is 11.5. The van der Waals surface area contributed by atoms with Crippen molar-refractivity contribution in [3.05, 3.63) is 26.9 Å². The van der Waals surface area contributed by atoms with E-state index in [9.17, 15) is 10.1 Å². The molecule has 16 heavy (non-hydrogen) atoms. The minimum Gasteiger partial charge on any atom is -0.258 e. The average molecular weight is 305 g/mol. The topological polar surface area (TPSA) is 56.0 Å². The Morgan fingerprint density at radius 3 is 2.88 bits per heavy atom. The third-order valence-corrected chi connectivity index (χ3v) is 3.39. The lowest BCUT2D eigenvalue weighted by molar-refractivity contribution is -0.388. The third-order valence-electron chi connectivity index (χ3n) is 1.93. The summed E-state index contributed by atoms with van der Waals surface area (Å²) >= 11 is 4.62. The first-order valence-corrected chi connectivity index (χ1v) is 6.71. The molecule has 0 spiro atoms. The molecule has 0 aliphatic rings. The van der Waals surface area contributed by atoms with E-state index in [-0.39, 0.29) is 5.69 Å². The Bertz CT molecular complexity index is 385. The zero-order chi connectivity index (χ0) is 12.1. The number of pyridine rings is 1. The highest BCUT2D eigenvalue weighted by Gasteiger charge is 2.16. The third kappa shape index (κ3) is 4.09. The lowest BCUT2D eigenvalue weighted by atomic mass is 10.2. The number of nitrogens with zero attached hydrogens (tertiary/aromatic N) is 2. The second-order valence-corrected chi connectivity index (χ2v) is 5.77. The van der Waals surface area contributed by atoms with Crippen LogP contribution in [0.4, 0.5) is 5.69 Å². The maximum Gasteiger partial charge on any atom is 0.302 e. The summed E-state index contributed by atoms with van der Waals surface area (Å²) in [6, 6.07) is 1.49. The quantitative estimate of drug-likeness (QED) is 0.470. The van der Waals surface area contributed by atoms with Gasteiger partial charge in [-0.15, -0.1) is 0 Å². The Balaban J connectivity index is 2.75. The molecular weight excluding hydrogens is 292 g/mol. The van der Waals surface area contributed by atoms with E-state index in [1.165, 1.54) is 17.8 Å². The molecule has 0 unspecified atom stereocenters. The van der Waals surface area contributed by atoms with Gasteiger partial charge in [0, 0.05) is 16.7 Å². The van der Waals surface area contributed by atoms with Crippen LogP contribution in [0.2, 0.25) is 0 Å². The molecule has 1 aromatic rings. The van der Waals surface area contributed by atoms with E-state index in [0.717, 1.165) is 12.2 Å². The summed E-state index contributed by atoms with van der Waals surface area (Å²) in [5.41, 5.74) is 0.0723. The number of nitro groups is 1. The summed E-state index contributed by atoms with van der Waals surface area (Å²) < 4.78 is 0.632. The van der Waals surface area contributed by atoms with Gasteiger partial charge in [0.05, 0.1) is 4.92 Å². The van der Waals surface area contributed by atoms with Gasteiger partial charge < -0.3 is 0 Å².